The number of carbonyl (C=O) groups excluding carboxylic acids is 1. The third-order valence-electron chi connectivity index (χ3n) is 7.52. The van der Waals surface area contributed by atoms with Crippen LogP contribution in [0.25, 0.3) is 0 Å². The second-order valence-corrected chi connectivity index (χ2v) is 9.44. The molecule has 1 atom stereocenters. The molecule has 3 aliphatic heterocycles. The van der Waals surface area contributed by atoms with Crippen molar-refractivity contribution >= 4 is 5.91 Å². The minimum Gasteiger partial charge on any atom is -0.381 e. The molecule has 0 N–H and O–H groups in total. The van der Waals surface area contributed by atoms with E-state index in [0.29, 0.717) is 18.0 Å². The number of amides is 1. The van der Waals surface area contributed by atoms with Gasteiger partial charge >= 0.3 is 0 Å². The Morgan fingerprint density at radius 3 is 2.50 bits per heavy atom. The Labute approximate surface area is 182 Å². The lowest BCUT2D eigenvalue weighted by molar-refractivity contribution is -0.140. The highest BCUT2D eigenvalue weighted by molar-refractivity contribution is 5.79. The molecule has 3 aliphatic rings. The van der Waals surface area contributed by atoms with Crippen LogP contribution in [0.5, 0.6) is 0 Å². The van der Waals surface area contributed by atoms with Crippen LogP contribution in [0, 0.1) is 5.92 Å². The lowest BCUT2D eigenvalue weighted by Crippen LogP contribution is -2.52. The summed E-state index contributed by atoms with van der Waals surface area (Å²) in [6.07, 6.45) is 7.81. The maximum absolute atomic E-state index is 13.1. The molecule has 5 nitrogen and oxygen atoms in total. The van der Waals surface area contributed by atoms with Crippen LogP contribution in [-0.4, -0.2) is 85.7 Å². The molecule has 30 heavy (non-hydrogen) atoms. The van der Waals surface area contributed by atoms with E-state index in [2.05, 4.69) is 40.1 Å². The standard InChI is InChI=1S/C25H39N3O2/c1-26(23-12-18-30-19-13-23)25(29)22-8-5-14-28(20-22)24-10-16-27(17-11-24)15-9-21-6-3-2-4-7-21/h2-4,6-7,22-24H,5,8-20H2,1H3/t22-/m0/s1. The van der Waals surface area contributed by atoms with Gasteiger partial charge in [-0.3, -0.25) is 9.69 Å². The van der Waals surface area contributed by atoms with E-state index in [4.69, 9.17) is 4.74 Å². The zero-order valence-electron chi connectivity index (χ0n) is 18.7. The van der Waals surface area contributed by atoms with Gasteiger partial charge < -0.3 is 14.5 Å². The molecule has 3 heterocycles. The normalized spacial score (nSPS) is 25.3. The van der Waals surface area contributed by atoms with E-state index in [1.165, 1.54) is 38.0 Å². The van der Waals surface area contributed by atoms with Gasteiger partial charge in [0.05, 0.1) is 5.92 Å². The van der Waals surface area contributed by atoms with Gasteiger partial charge in [0.25, 0.3) is 0 Å². The average Bonchev–Trinajstić information content (AvgIpc) is 2.83. The van der Waals surface area contributed by atoms with Crippen LogP contribution in [0.15, 0.2) is 30.3 Å². The van der Waals surface area contributed by atoms with Crippen LogP contribution in [-0.2, 0) is 16.0 Å². The summed E-state index contributed by atoms with van der Waals surface area (Å²) in [6, 6.07) is 11.8. The molecule has 1 aromatic rings. The van der Waals surface area contributed by atoms with Crippen molar-refractivity contribution in [2.45, 2.75) is 57.0 Å². The summed E-state index contributed by atoms with van der Waals surface area (Å²) in [5.41, 5.74) is 1.44. The third kappa shape index (κ3) is 5.63. The first-order chi connectivity index (χ1) is 14.7. The molecule has 1 aromatic carbocycles. The van der Waals surface area contributed by atoms with Crippen LogP contribution in [0.3, 0.4) is 0 Å². The Hall–Kier alpha value is -1.43. The van der Waals surface area contributed by atoms with Gasteiger partial charge in [-0.15, -0.1) is 0 Å². The Bertz CT molecular complexity index is 654. The Kier molecular flexibility index (Phi) is 7.80. The van der Waals surface area contributed by atoms with Crippen LogP contribution in [0.2, 0.25) is 0 Å². The summed E-state index contributed by atoms with van der Waals surface area (Å²) in [7, 11) is 2.02. The third-order valence-corrected chi connectivity index (χ3v) is 7.52. The van der Waals surface area contributed by atoms with Gasteiger partial charge in [-0.2, -0.15) is 0 Å². The number of likely N-dealkylation sites (tertiary alicyclic amines) is 2. The van der Waals surface area contributed by atoms with Crippen molar-refractivity contribution in [3.8, 4) is 0 Å². The number of ether oxygens (including phenoxy) is 1. The van der Waals surface area contributed by atoms with E-state index >= 15 is 0 Å². The molecule has 0 spiro atoms. The lowest BCUT2D eigenvalue weighted by atomic mass is 9.92. The molecule has 1 amide bonds. The quantitative estimate of drug-likeness (QED) is 0.718. The van der Waals surface area contributed by atoms with Gasteiger partial charge in [0.2, 0.25) is 5.91 Å². The zero-order valence-corrected chi connectivity index (χ0v) is 18.7. The number of hydrogen-bond donors (Lipinski definition) is 0. The van der Waals surface area contributed by atoms with Crippen molar-refractivity contribution in [2.75, 3.05) is 53.0 Å². The van der Waals surface area contributed by atoms with Gasteiger partial charge in [-0.1, -0.05) is 30.3 Å². The molecule has 5 heteroatoms. The van der Waals surface area contributed by atoms with Crippen LogP contribution in [0.4, 0.5) is 0 Å². The van der Waals surface area contributed by atoms with E-state index in [1.54, 1.807) is 0 Å². The van der Waals surface area contributed by atoms with Crippen LogP contribution < -0.4 is 0 Å². The fourth-order valence-electron chi connectivity index (χ4n) is 5.52. The smallest absolute Gasteiger partial charge is 0.226 e. The Morgan fingerprint density at radius 2 is 1.77 bits per heavy atom. The van der Waals surface area contributed by atoms with Crippen molar-refractivity contribution < 1.29 is 9.53 Å². The van der Waals surface area contributed by atoms with Crippen molar-refractivity contribution in [1.82, 2.24) is 14.7 Å². The predicted molar refractivity (Wildman–Crippen MR) is 121 cm³/mol. The summed E-state index contributed by atoms with van der Waals surface area (Å²) in [4.78, 5) is 20.4. The first kappa shape index (κ1) is 21.8. The van der Waals surface area contributed by atoms with Gasteiger partial charge in [0.15, 0.2) is 0 Å². The highest BCUT2D eigenvalue weighted by Gasteiger charge is 2.34. The molecule has 0 radical (unpaired) electrons. The van der Waals surface area contributed by atoms with Crippen LogP contribution >= 0.6 is 0 Å². The number of rotatable bonds is 6. The molecule has 3 saturated heterocycles. The van der Waals surface area contributed by atoms with Crippen LogP contribution in [0.1, 0.15) is 44.1 Å². The van der Waals surface area contributed by atoms with E-state index in [0.717, 1.165) is 58.4 Å². The summed E-state index contributed by atoms with van der Waals surface area (Å²) >= 11 is 0. The fraction of sp³-hybridized carbons (Fsp3) is 0.720. The summed E-state index contributed by atoms with van der Waals surface area (Å²) in [5, 5.41) is 0. The van der Waals surface area contributed by atoms with Gasteiger partial charge in [-0.05, 0) is 70.1 Å². The second kappa shape index (κ2) is 10.7. The van der Waals surface area contributed by atoms with Gasteiger partial charge in [-0.25, -0.2) is 0 Å². The molecular weight excluding hydrogens is 374 g/mol. The molecule has 0 aromatic heterocycles. The highest BCUT2D eigenvalue weighted by Crippen LogP contribution is 2.26. The second-order valence-electron chi connectivity index (χ2n) is 9.44. The number of nitrogens with zero attached hydrogens (tertiary/aromatic N) is 3. The molecule has 166 valence electrons. The number of hydrogen-bond acceptors (Lipinski definition) is 4. The molecule has 4 rings (SSSR count). The van der Waals surface area contributed by atoms with E-state index in [-0.39, 0.29) is 5.92 Å². The van der Waals surface area contributed by atoms with E-state index in [9.17, 15) is 4.79 Å². The summed E-state index contributed by atoms with van der Waals surface area (Å²) in [5.74, 6) is 0.551. The van der Waals surface area contributed by atoms with Crippen molar-refractivity contribution in [1.29, 1.82) is 0 Å². The van der Waals surface area contributed by atoms with E-state index < -0.39 is 0 Å². The van der Waals surface area contributed by atoms with Crippen molar-refractivity contribution in [2.24, 2.45) is 5.92 Å². The first-order valence-electron chi connectivity index (χ1n) is 12.1. The van der Waals surface area contributed by atoms with Crippen molar-refractivity contribution in [3.63, 3.8) is 0 Å². The minimum absolute atomic E-state index is 0.183. The SMILES string of the molecule is CN(C(=O)[C@H]1CCCN(C2CCN(CCc3ccccc3)CC2)C1)C1CCOCC1. The Balaban J connectivity index is 1.22. The fourth-order valence-corrected chi connectivity index (χ4v) is 5.52. The monoisotopic (exact) mass is 413 g/mol. The lowest BCUT2D eigenvalue weighted by Gasteiger charge is -2.43. The number of carbonyl (C=O) groups is 1. The maximum atomic E-state index is 13.1. The number of benzene rings is 1. The maximum Gasteiger partial charge on any atom is 0.226 e. The predicted octanol–water partition coefficient (Wildman–Crippen LogP) is 3.04. The molecule has 3 fully saturated rings. The molecular formula is C25H39N3O2. The van der Waals surface area contributed by atoms with E-state index in [1.807, 2.05) is 11.9 Å². The summed E-state index contributed by atoms with van der Waals surface area (Å²) < 4.78 is 5.47. The molecule has 0 aliphatic carbocycles. The van der Waals surface area contributed by atoms with Gasteiger partial charge in [0, 0.05) is 45.4 Å². The van der Waals surface area contributed by atoms with Crippen molar-refractivity contribution in [3.05, 3.63) is 35.9 Å². The zero-order chi connectivity index (χ0) is 20.8. The number of piperidine rings is 2. The first-order valence-corrected chi connectivity index (χ1v) is 12.1. The van der Waals surface area contributed by atoms with Gasteiger partial charge in [0.1, 0.15) is 0 Å². The molecule has 0 saturated carbocycles. The minimum atomic E-state index is 0.183. The Morgan fingerprint density at radius 1 is 1.03 bits per heavy atom. The largest absolute Gasteiger partial charge is 0.381 e. The molecule has 0 unspecified atom stereocenters. The average molecular weight is 414 g/mol. The summed E-state index contributed by atoms with van der Waals surface area (Å²) in [6.45, 7) is 7.25. The topological polar surface area (TPSA) is 36.0 Å². The highest BCUT2D eigenvalue weighted by atomic mass is 16.5. The molecule has 0 bridgehead atoms.